The first-order valence-corrected chi connectivity index (χ1v) is 8.59. The van der Waals surface area contributed by atoms with E-state index in [0.717, 1.165) is 13.1 Å². The number of carbonyl (C=O) groups excluding carboxylic acids is 1. The monoisotopic (exact) mass is 327 g/mol. The van der Waals surface area contributed by atoms with Crippen molar-refractivity contribution in [1.29, 1.82) is 0 Å². The van der Waals surface area contributed by atoms with Crippen molar-refractivity contribution in [3.05, 3.63) is 47.2 Å². The molecule has 128 valence electrons. The van der Waals surface area contributed by atoms with Crippen LogP contribution in [0.15, 0.2) is 28.7 Å². The molecule has 0 N–H and O–H groups in total. The molecule has 0 aliphatic carbocycles. The van der Waals surface area contributed by atoms with Crippen LogP contribution in [0, 0.1) is 13.8 Å². The Morgan fingerprint density at radius 3 is 2.67 bits per heavy atom. The van der Waals surface area contributed by atoms with Crippen molar-refractivity contribution in [3.63, 3.8) is 0 Å². The highest BCUT2D eigenvalue weighted by Gasteiger charge is 2.31. The van der Waals surface area contributed by atoms with Crippen LogP contribution in [0.1, 0.15) is 41.6 Å². The van der Waals surface area contributed by atoms with E-state index in [-0.39, 0.29) is 11.9 Å². The fraction of sp³-hybridized carbons (Fsp3) is 0.474. The van der Waals surface area contributed by atoms with E-state index in [1.165, 1.54) is 11.3 Å². The molecular formula is C19H25N3O2. The molecule has 1 aromatic carbocycles. The average Bonchev–Trinajstić information content (AvgIpc) is 2.95. The first-order valence-electron chi connectivity index (χ1n) is 8.59. The molecule has 1 fully saturated rings. The molecule has 1 saturated heterocycles. The summed E-state index contributed by atoms with van der Waals surface area (Å²) in [5.74, 6) is 0.974. The Morgan fingerprint density at radius 2 is 2.04 bits per heavy atom. The van der Waals surface area contributed by atoms with Gasteiger partial charge >= 0.3 is 0 Å². The number of carbonyl (C=O) groups is 1. The van der Waals surface area contributed by atoms with Crippen molar-refractivity contribution >= 4 is 11.6 Å². The molecule has 0 spiro atoms. The molecule has 0 bridgehead atoms. The number of anilines is 1. The van der Waals surface area contributed by atoms with E-state index in [0.29, 0.717) is 30.3 Å². The van der Waals surface area contributed by atoms with Gasteiger partial charge in [-0.2, -0.15) is 0 Å². The molecule has 0 saturated carbocycles. The third-order valence-corrected chi connectivity index (χ3v) is 4.68. The Labute approximate surface area is 143 Å². The summed E-state index contributed by atoms with van der Waals surface area (Å²) in [6.45, 7) is 10.4. The number of rotatable bonds is 3. The Kier molecular flexibility index (Phi) is 4.60. The van der Waals surface area contributed by atoms with Gasteiger partial charge in [0.15, 0.2) is 5.89 Å². The van der Waals surface area contributed by atoms with E-state index in [1.54, 1.807) is 0 Å². The van der Waals surface area contributed by atoms with Crippen molar-refractivity contribution in [2.45, 2.75) is 40.2 Å². The summed E-state index contributed by atoms with van der Waals surface area (Å²) in [6.07, 6.45) is 0.699. The summed E-state index contributed by atoms with van der Waals surface area (Å²) in [6, 6.07) is 8.52. The van der Waals surface area contributed by atoms with Gasteiger partial charge in [0.25, 0.3) is 5.91 Å². The second kappa shape index (κ2) is 6.67. The van der Waals surface area contributed by atoms with Crippen molar-refractivity contribution in [3.8, 4) is 0 Å². The number of benzene rings is 1. The minimum Gasteiger partial charge on any atom is -0.435 e. The van der Waals surface area contributed by atoms with Crippen LogP contribution in [0.5, 0.6) is 0 Å². The van der Waals surface area contributed by atoms with Crippen LogP contribution in [-0.2, 0) is 6.42 Å². The molecule has 1 amide bonds. The maximum atomic E-state index is 12.8. The number of hydrogen-bond donors (Lipinski definition) is 0. The van der Waals surface area contributed by atoms with Crippen molar-refractivity contribution in [1.82, 2.24) is 9.88 Å². The number of oxazole rings is 1. The number of aromatic nitrogens is 1. The molecule has 0 radical (unpaired) electrons. The lowest BCUT2D eigenvalue weighted by molar-refractivity contribution is 0.0638. The van der Waals surface area contributed by atoms with Gasteiger partial charge in [-0.1, -0.05) is 25.1 Å². The predicted molar refractivity (Wildman–Crippen MR) is 94.5 cm³/mol. The van der Waals surface area contributed by atoms with Gasteiger partial charge in [-0.15, -0.1) is 0 Å². The molecule has 5 nitrogen and oxygen atoms in total. The van der Waals surface area contributed by atoms with E-state index < -0.39 is 0 Å². The summed E-state index contributed by atoms with van der Waals surface area (Å²) in [5.41, 5.74) is 3.20. The summed E-state index contributed by atoms with van der Waals surface area (Å²) < 4.78 is 5.64. The molecule has 2 aromatic rings. The van der Waals surface area contributed by atoms with Crippen molar-refractivity contribution < 1.29 is 9.21 Å². The minimum atomic E-state index is -0.0448. The summed E-state index contributed by atoms with van der Waals surface area (Å²) in [5, 5.41) is 0. The summed E-state index contributed by atoms with van der Waals surface area (Å²) in [7, 11) is 0. The van der Waals surface area contributed by atoms with Crippen molar-refractivity contribution in [2.75, 3.05) is 24.5 Å². The van der Waals surface area contributed by atoms with Gasteiger partial charge in [0.2, 0.25) is 5.76 Å². The van der Waals surface area contributed by atoms with Gasteiger partial charge in [0.05, 0.1) is 5.69 Å². The Bertz CT molecular complexity index is 738. The third kappa shape index (κ3) is 3.03. The molecule has 1 aromatic heterocycles. The maximum Gasteiger partial charge on any atom is 0.291 e. The molecule has 5 heteroatoms. The third-order valence-electron chi connectivity index (χ3n) is 4.68. The standard InChI is InChI=1S/C19H25N3O2/c1-5-17-20-15(4)18(24-17)19(23)22-11-10-21(12-14(22)3)16-9-7-6-8-13(16)2/h6-9,14H,5,10-12H2,1-4H3. The summed E-state index contributed by atoms with van der Waals surface area (Å²) in [4.78, 5) is 21.4. The smallest absolute Gasteiger partial charge is 0.291 e. The molecule has 1 aliphatic heterocycles. The van der Waals surface area contributed by atoms with Crippen LogP contribution in [0.4, 0.5) is 5.69 Å². The van der Waals surface area contributed by atoms with Gasteiger partial charge in [-0.3, -0.25) is 4.79 Å². The number of nitrogens with zero attached hydrogens (tertiary/aromatic N) is 3. The highest BCUT2D eigenvalue weighted by atomic mass is 16.4. The zero-order valence-corrected chi connectivity index (χ0v) is 14.9. The quantitative estimate of drug-likeness (QED) is 0.868. The second-order valence-corrected chi connectivity index (χ2v) is 6.46. The van der Waals surface area contributed by atoms with Crippen molar-refractivity contribution in [2.24, 2.45) is 0 Å². The summed E-state index contributed by atoms with van der Waals surface area (Å²) >= 11 is 0. The second-order valence-electron chi connectivity index (χ2n) is 6.46. The average molecular weight is 327 g/mol. The fourth-order valence-electron chi connectivity index (χ4n) is 3.33. The number of para-hydroxylation sites is 1. The van der Waals surface area contributed by atoms with Crippen LogP contribution < -0.4 is 4.90 Å². The van der Waals surface area contributed by atoms with Crippen LogP contribution in [0.2, 0.25) is 0 Å². The lowest BCUT2D eigenvalue weighted by Gasteiger charge is -2.41. The zero-order valence-electron chi connectivity index (χ0n) is 14.9. The van der Waals surface area contributed by atoms with Gasteiger partial charge in [0, 0.05) is 37.8 Å². The Balaban J connectivity index is 1.75. The molecule has 3 rings (SSSR count). The fourth-order valence-corrected chi connectivity index (χ4v) is 3.33. The number of hydrogen-bond acceptors (Lipinski definition) is 4. The lowest BCUT2D eigenvalue weighted by atomic mass is 10.1. The van der Waals surface area contributed by atoms with E-state index in [9.17, 15) is 4.79 Å². The van der Waals surface area contributed by atoms with E-state index in [1.807, 2.05) is 18.7 Å². The van der Waals surface area contributed by atoms with E-state index >= 15 is 0 Å². The Morgan fingerprint density at radius 1 is 1.29 bits per heavy atom. The van der Waals surface area contributed by atoms with Gasteiger partial charge in [-0.05, 0) is 32.4 Å². The minimum absolute atomic E-state index is 0.0448. The number of piperazine rings is 1. The van der Waals surface area contributed by atoms with Crippen LogP contribution >= 0.6 is 0 Å². The molecule has 1 atom stereocenters. The lowest BCUT2D eigenvalue weighted by Crippen LogP contribution is -2.54. The first kappa shape index (κ1) is 16.6. The normalized spacial score (nSPS) is 18.1. The Hall–Kier alpha value is -2.30. The van der Waals surface area contributed by atoms with Gasteiger partial charge in [-0.25, -0.2) is 4.98 Å². The molecule has 24 heavy (non-hydrogen) atoms. The first-order chi connectivity index (χ1) is 11.5. The van der Waals surface area contributed by atoms with E-state index in [2.05, 4.69) is 48.0 Å². The van der Waals surface area contributed by atoms with E-state index in [4.69, 9.17) is 4.42 Å². The van der Waals surface area contributed by atoms with Gasteiger partial charge < -0.3 is 14.2 Å². The molecule has 2 heterocycles. The number of aryl methyl sites for hydroxylation is 3. The molecule has 1 unspecified atom stereocenters. The predicted octanol–water partition coefficient (Wildman–Crippen LogP) is 3.20. The van der Waals surface area contributed by atoms with Crippen LogP contribution in [0.3, 0.4) is 0 Å². The number of amides is 1. The highest BCUT2D eigenvalue weighted by molar-refractivity contribution is 5.92. The molecule has 1 aliphatic rings. The zero-order chi connectivity index (χ0) is 17.3. The highest BCUT2D eigenvalue weighted by Crippen LogP contribution is 2.24. The van der Waals surface area contributed by atoms with Gasteiger partial charge in [0.1, 0.15) is 0 Å². The largest absolute Gasteiger partial charge is 0.435 e. The SMILES string of the molecule is CCc1nc(C)c(C(=O)N2CCN(c3ccccc3C)CC2C)o1. The van der Waals surface area contributed by atoms with Crippen LogP contribution in [-0.4, -0.2) is 41.5 Å². The van der Waals surface area contributed by atoms with Crippen LogP contribution in [0.25, 0.3) is 0 Å². The molecular weight excluding hydrogens is 302 g/mol. The maximum absolute atomic E-state index is 12.8. The topological polar surface area (TPSA) is 49.6 Å².